The van der Waals surface area contributed by atoms with Gasteiger partial charge < -0.3 is 4.74 Å². The second kappa shape index (κ2) is 7.01. The molecule has 23 heavy (non-hydrogen) atoms. The van der Waals surface area contributed by atoms with Crippen LogP contribution < -0.4 is 0 Å². The maximum absolute atomic E-state index is 12.3. The molecule has 1 aliphatic rings. The average Bonchev–Trinajstić information content (AvgIpc) is 2.95. The Morgan fingerprint density at radius 1 is 1.13 bits per heavy atom. The second-order valence-corrected chi connectivity index (χ2v) is 6.80. The number of rotatable bonds is 4. The van der Waals surface area contributed by atoms with Crippen LogP contribution in [0.1, 0.15) is 23.7 Å². The maximum atomic E-state index is 12.3. The Morgan fingerprint density at radius 3 is 2.48 bits per heavy atom. The average molecular weight is 325 g/mol. The lowest BCUT2D eigenvalue weighted by Crippen LogP contribution is -2.26. The van der Waals surface area contributed by atoms with Crippen molar-refractivity contribution in [3.05, 3.63) is 66.2 Å². The third kappa shape index (κ3) is 3.82. The number of para-hydroxylation sites is 1. The van der Waals surface area contributed by atoms with E-state index >= 15 is 0 Å². The molecule has 2 aromatic rings. The van der Waals surface area contributed by atoms with Crippen molar-refractivity contribution in [3.63, 3.8) is 0 Å². The number of hydrogen-bond acceptors (Lipinski definition) is 4. The molecular weight excluding hydrogens is 306 g/mol. The third-order valence-corrected chi connectivity index (χ3v) is 5.21. The molecule has 1 fully saturated rings. The van der Waals surface area contributed by atoms with E-state index in [0.29, 0.717) is 12.4 Å². The van der Waals surface area contributed by atoms with E-state index in [1.165, 1.54) is 11.8 Å². The smallest absolute Gasteiger partial charge is 0.219 e. The molecule has 0 saturated carbocycles. The monoisotopic (exact) mass is 325 g/mol. The SMILES string of the molecule is CC1(CSC(=O)c2ccccc2)CCOC1=Nc1ccccc1. The third-order valence-electron chi connectivity index (χ3n) is 3.93. The fourth-order valence-corrected chi connectivity index (χ4v) is 3.48. The van der Waals surface area contributed by atoms with Crippen LogP contribution in [0.2, 0.25) is 0 Å². The molecule has 0 amide bonds. The quantitative estimate of drug-likeness (QED) is 0.816. The molecule has 4 heteroatoms. The van der Waals surface area contributed by atoms with Crippen molar-refractivity contribution < 1.29 is 9.53 Å². The Morgan fingerprint density at radius 2 is 1.78 bits per heavy atom. The van der Waals surface area contributed by atoms with Gasteiger partial charge >= 0.3 is 0 Å². The Kier molecular flexibility index (Phi) is 4.82. The highest BCUT2D eigenvalue weighted by atomic mass is 32.2. The molecular formula is C19H19NO2S. The van der Waals surface area contributed by atoms with Gasteiger partial charge in [-0.05, 0) is 25.5 Å². The zero-order valence-electron chi connectivity index (χ0n) is 13.1. The second-order valence-electron chi connectivity index (χ2n) is 5.85. The summed E-state index contributed by atoms with van der Waals surface area (Å²) in [5.41, 5.74) is 1.42. The Balaban J connectivity index is 1.70. The summed E-state index contributed by atoms with van der Waals surface area (Å²) in [6, 6.07) is 19.2. The summed E-state index contributed by atoms with van der Waals surface area (Å²) in [5, 5.41) is 0.0952. The van der Waals surface area contributed by atoms with Crippen LogP contribution in [0.5, 0.6) is 0 Å². The fraction of sp³-hybridized carbons (Fsp3) is 0.263. The summed E-state index contributed by atoms with van der Waals surface area (Å²) in [6.07, 6.45) is 0.883. The van der Waals surface area contributed by atoms with Crippen LogP contribution in [0.15, 0.2) is 65.7 Å². The molecule has 0 bridgehead atoms. The van der Waals surface area contributed by atoms with E-state index in [1.807, 2.05) is 60.7 Å². The molecule has 0 aliphatic carbocycles. The van der Waals surface area contributed by atoms with Crippen molar-refractivity contribution in [2.24, 2.45) is 10.4 Å². The van der Waals surface area contributed by atoms with E-state index in [2.05, 4.69) is 11.9 Å². The minimum atomic E-state index is -0.203. The first-order chi connectivity index (χ1) is 11.2. The number of nitrogens with zero attached hydrogens (tertiary/aromatic N) is 1. The zero-order valence-corrected chi connectivity index (χ0v) is 13.9. The van der Waals surface area contributed by atoms with Gasteiger partial charge in [0.15, 0.2) is 5.90 Å². The van der Waals surface area contributed by atoms with Crippen LogP contribution in [0.3, 0.4) is 0 Å². The number of benzene rings is 2. The lowest BCUT2D eigenvalue weighted by Gasteiger charge is -2.21. The molecule has 2 aromatic carbocycles. The standard InChI is InChI=1S/C19H19NO2S/c1-19(14-23-17(21)15-8-4-2-5-9-15)12-13-22-18(19)20-16-10-6-3-7-11-16/h2-11H,12-14H2,1H3. The first-order valence-corrected chi connectivity index (χ1v) is 8.65. The Labute approximate surface area is 140 Å². The van der Waals surface area contributed by atoms with E-state index in [1.54, 1.807) is 0 Å². The van der Waals surface area contributed by atoms with Crippen LogP contribution in [0, 0.1) is 5.41 Å². The lowest BCUT2D eigenvalue weighted by atomic mass is 9.91. The van der Waals surface area contributed by atoms with Gasteiger partial charge in [0.1, 0.15) is 0 Å². The van der Waals surface area contributed by atoms with Crippen LogP contribution in [0.25, 0.3) is 0 Å². The van der Waals surface area contributed by atoms with Gasteiger partial charge in [-0.25, -0.2) is 4.99 Å². The molecule has 118 valence electrons. The van der Waals surface area contributed by atoms with Gasteiger partial charge in [0.2, 0.25) is 5.12 Å². The molecule has 0 radical (unpaired) electrons. The molecule has 0 aromatic heterocycles. The minimum absolute atomic E-state index is 0.0952. The minimum Gasteiger partial charge on any atom is -0.480 e. The fourth-order valence-electron chi connectivity index (χ4n) is 2.46. The molecule has 3 nitrogen and oxygen atoms in total. The lowest BCUT2D eigenvalue weighted by molar-refractivity contribution is 0.108. The zero-order chi connectivity index (χ0) is 16.1. The van der Waals surface area contributed by atoms with Gasteiger partial charge in [-0.3, -0.25) is 4.79 Å². The number of hydrogen-bond donors (Lipinski definition) is 0. The topological polar surface area (TPSA) is 38.7 Å². The molecule has 1 heterocycles. The molecule has 0 spiro atoms. The van der Waals surface area contributed by atoms with E-state index in [4.69, 9.17) is 4.74 Å². The van der Waals surface area contributed by atoms with E-state index in [0.717, 1.165) is 23.6 Å². The summed E-state index contributed by atoms with van der Waals surface area (Å²) < 4.78 is 5.74. The Bertz CT molecular complexity index is 700. The van der Waals surface area contributed by atoms with Crippen LogP contribution in [0.4, 0.5) is 5.69 Å². The van der Waals surface area contributed by atoms with Gasteiger partial charge in [-0.1, -0.05) is 60.3 Å². The van der Waals surface area contributed by atoms with Crippen LogP contribution in [-0.2, 0) is 4.74 Å². The number of carbonyl (C=O) groups excluding carboxylic acids is 1. The Hall–Kier alpha value is -2.07. The predicted octanol–water partition coefficient (Wildman–Crippen LogP) is 4.72. The summed E-state index contributed by atoms with van der Waals surface area (Å²) >= 11 is 1.34. The highest BCUT2D eigenvalue weighted by Crippen LogP contribution is 2.36. The van der Waals surface area contributed by atoms with Crippen molar-refractivity contribution in [2.75, 3.05) is 12.4 Å². The maximum Gasteiger partial charge on any atom is 0.219 e. The first kappa shape index (κ1) is 15.8. The number of aliphatic imine (C=N–C) groups is 1. The van der Waals surface area contributed by atoms with Crippen molar-refractivity contribution in [2.45, 2.75) is 13.3 Å². The van der Waals surface area contributed by atoms with Gasteiger partial charge in [0.25, 0.3) is 0 Å². The number of thioether (sulfide) groups is 1. The summed E-state index contributed by atoms with van der Waals surface area (Å²) in [4.78, 5) is 16.9. The molecule has 1 aliphatic heterocycles. The highest BCUT2D eigenvalue weighted by Gasteiger charge is 2.38. The molecule has 3 rings (SSSR count). The van der Waals surface area contributed by atoms with Crippen molar-refractivity contribution in [1.82, 2.24) is 0 Å². The van der Waals surface area contributed by atoms with E-state index in [-0.39, 0.29) is 10.5 Å². The number of carbonyl (C=O) groups is 1. The van der Waals surface area contributed by atoms with Gasteiger partial charge in [-0.15, -0.1) is 0 Å². The van der Waals surface area contributed by atoms with Crippen LogP contribution in [-0.4, -0.2) is 23.4 Å². The first-order valence-electron chi connectivity index (χ1n) is 7.67. The predicted molar refractivity (Wildman–Crippen MR) is 95.4 cm³/mol. The van der Waals surface area contributed by atoms with Gasteiger partial charge in [-0.2, -0.15) is 0 Å². The largest absolute Gasteiger partial charge is 0.480 e. The van der Waals surface area contributed by atoms with Crippen molar-refractivity contribution in [3.8, 4) is 0 Å². The summed E-state index contributed by atoms with van der Waals surface area (Å²) in [6.45, 7) is 2.77. The summed E-state index contributed by atoms with van der Waals surface area (Å²) in [5.74, 6) is 1.41. The van der Waals surface area contributed by atoms with Gasteiger partial charge in [0.05, 0.1) is 17.7 Å². The molecule has 1 unspecified atom stereocenters. The van der Waals surface area contributed by atoms with Crippen molar-refractivity contribution in [1.29, 1.82) is 0 Å². The molecule has 0 N–H and O–H groups in total. The van der Waals surface area contributed by atoms with E-state index < -0.39 is 0 Å². The van der Waals surface area contributed by atoms with E-state index in [9.17, 15) is 4.79 Å². The normalized spacial score (nSPS) is 22.0. The number of ether oxygens (including phenoxy) is 1. The highest BCUT2D eigenvalue weighted by molar-refractivity contribution is 8.14. The molecule has 1 atom stereocenters. The van der Waals surface area contributed by atoms with Crippen LogP contribution >= 0.6 is 11.8 Å². The van der Waals surface area contributed by atoms with Crippen molar-refractivity contribution >= 4 is 28.5 Å². The molecule has 1 saturated heterocycles. The summed E-state index contributed by atoms with van der Waals surface area (Å²) in [7, 11) is 0. The van der Waals surface area contributed by atoms with Gasteiger partial charge in [0, 0.05) is 11.3 Å².